The SMILES string of the molecule is COc1ccc(C2=CC=C([NH+]([O-])c3cccc(OC)c3)CC2)cc1. The van der Waals surface area contributed by atoms with E-state index in [1.165, 1.54) is 11.1 Å². The van der Waals surface area contributed by atoms with Gasteiger partial charge in [-0.15, -0.1) is 0 Å². The number of ether oxygens (including phenoxy) is 2. The smallest absolute Gasteiger partial charge is 0.139 e. The van der Waals surface area contributed by atoms with E-state index in [1.807, 2.05) is 54.6 Å². The standard InChI is InChI=1S/C20H21NO3/c1-23-19-12-8-16(9-13-19)15-6-10-17(11-7-15)21(22)18-4-3-5-20(14-18)24-2/h3-6,8-10,12-14,21H,7,11H2,1-2H3. The topological polar surface area (TPSA) is 46.0 Å². The molecule has 0 bridgehead atoms. The number of methoxy groups -OCH3 is 2. The lowest BCUT2D eigenvalue weighted by Crippen LogP contribution is -3.00. The van der Waals surface area contributed by atoms with Gasteiger partial charge in [0, 0.05) is 18.6 Å². The van der Waals surface area contributed by atoms with Crippen LogP contribution in [0.1, 0.15) is 18.4 Å². The van der Waals surface area contributed by atoms with E-state index in [0.717, 1.165) is 24.3 Å². The lowest BCUT2D eigenvalue weighted by molar-refractivity contribution is -0.733. The van der Waals surface area contributed by atoms with Gasteiger partial charge in [0.1, 0.15) is 22.9 Å². The molecule has 24 heavy (non-hydrogen) atoms. The highest BCUT2D eigenvalue weighted by Gasteiger charge is 2.15. The second-order valence-electron chi connectivity index (χ2n) is 5.67. The quantitative estimate of drug-likeness (QED) is 0.857. The molecule has 0 fully saturated rings. The van der Waals surface area contributed by atoms with Crippen molar-refractivity contribution in [3.63, 3.8) is 0 Å². The fourth-order valence-corrected chi connectivity index (χ4v) is 2.82. The third kappa shape index (κ3) is 3.50. The third-order valence-corrected chi connectivity index (χ3v) is 4.23. The number of hydrogen-bond donors (Lipinski definition) is 1. The van der Waals surface area contributed by atoms with Crippen LogP contribution in [0.3, 0.4) is 0 Å². The van der Waals surface area contributed by atoms with E-state index in [0.29, 0.717) is 11.4 Å². The Morgan fingerprint density at radius 3 is 2.25 bits per heavy atom. The highest BCUT2D eigenvalue weighted by atomic mass is 16.5. The molecule has 4 heteroatoms. The molecular weight excluding hydrogens is 302 g/mol. The normalized spacial score (nSPS) is 15.3. The van der Waals surface area contributed by atoms with Crippen molar-refractivity contribution >= 4 is 11.3 Å². The van der Waals surface area contributed by atoms with Crippen LogP contribution in [0.15, 0.2) is 66.4 Å². The van der Waals surface area contributed by atoms with E-state index in [4.69, 9.17) is 9.47 Å². The van der Waals surface area contributed by atoms with Crippen LogP contribution in [0.2, 0.25) is 0 Å². The minimum absolute atomic E-state index is 0.0685. The van der Waals surface area contributed by atoms with Crippen LogP contribution in [0.5, 0.6) is 11.5 Å². The zero-order chi connectivity index (χ0) is 16.9. The van der Waals surface area contributed by atoms with Crippen LogP contribution in [0.25, 0.3) is 5.57 Å². The van der Waals surface area contributed by atoms with E-state index in [9.17, 15) is 5.21 Å². The van der Waals surface area contributed by atoms with Crippen LogP contribution < -0.4 is 14.5 Å². The Labute approximate surface area is 142 Å². The van der Waals surface area contributed by atoms with Gasteiger partial charge in [-0.1, -0.05) is 24.3 Å². The van der Waals surface area contributed by atoms with Crippen LogP contribution in [-0.2, 0) is 0 Å². The number of hydroxylamine groups is 1. The molecule has 1 aliphatic rings. The van der Waals surface area contributed by atoms with Crippen molar-refractivity contribution in [3.05, 3.63) is 77.2 Å². The number of hydrogen-bond acceptors (Lipinski definition) is 3. The highest BCUT2D eigenvalue weighted by Crippen LogP contribution is 2.27. The number of allylic oxidation sites excluding steroid dienone is 4. The summed E-state index contributed by atoms with van der Waals surface area (Å²) in [6.45, 7) is 0. The Kier molecular flexibility index (Phi) is 4.99. The second kappa shape index (κ2) is 7.34. The minimum atomic E-state index is 0.0685. The molecule has 3 rings (SSSR count). The molecule has 1 N–H and O–H groups in total. The van der Waals surface area contributed by atoms with Crippen LogP contribution in [-0.4, -0.2) is 14.2 Å². The van der Waals surface area contributed by atoms with Gasteiger partial charge in [-0.05, 0) is 41.8 Å². The molecule has 0 saturated heterocycles. The van der Waals surface area contributed by atoms with Gasteiger partial charge in [-0.3, -0.25) is 0 Å². The number of benzene rings is 2. The molecular formula is C20H21NO3. The maximum absolute atomic E-state index is 12.6. The molecule has 0 aromatic heterocycles. The van der Waals surface area contributed by atoms with Crippen molar-refractivity contribution in [3.8, 4) is 11.5 Å². The van der Waals surface area contributed by atoms with E-state index < -0.39 is 0 Å². The van der Waals surface area contributed by atoms with Gasteiger partial charge in [0.05, 0.1) is 14.2 Å². The summed E-state index contributed by atoms with van der Waals surface area (Å²) in [4.78, 5) is 0. The zero-order valence-electron chi connectivity index (χ0n) is 13.9. The Balaban J connectivity index is 1.78. The van der Waals surface area contributed by atoms with Crippen molar-refractivity contribution in [2.75, 3.05) is 14.2 Å². The molecule has 0 radical (unpaired) electrons. The Morgan fingerprint density at radius 2 is 1.62 bits per heavy atom. The van der Waals surface area contributed by atoms with Gasteiger partial charge in [0.25, 0.3) is 0 Å². The minimum Gasteiger partial charge on any atom is -0.624 e. The number of rotatable bonds is 5. The van der Waals surface area contributed by atoms with Crippen LogP contribution >= 0.6 is 0 Å². The van der Waals surface area contributed by atoms with Crippen molar-refractivity contribution in [1.29, 1.82) is 0 Å². The van der Waals surface area contributed by atoms with Crippen molar-refractivity contribution in [1.82, 2.24) is 0 Å². The summed E-state index contributed by atoms with van der Waals surface area (Å²) in [7, 11) is 3.27. The predicted octanol–water partition coefficient (Wildman–Crippen LogP) is 3.48. The average Bonchev–Trinajstić information content (AvgIpc) is 2.67. The molecule has 2 aromatic carbocycles. The zero-order valence-corrected chi connectivity index (χ0v) is 13.9. The summed E-state index contributed by atoms with van der Waals surface area (Å²) in [5.41, 5.74) is 3.90. The van der Waals surface area contributed by atoms with Crippen LogP contribution in [0.4, 0.5) is 5.69 Å². The number of quaternary nitrogens is 1. The Morgan fingerprint density at radius 1 is 0.875 bits per heavy atom. The molecule has 1 unspecified atom stereocenters. The molecule has 1 aliphatic carbocycles. The average molecular weight is 323 g/mol. The Hall–Kier alpha value is -2.56. The van der Waals surface area contributed by atoms with Crippen molar-refractivity contribution in [2.45, 2.75) is 12.8 Å². The summed E-state index contributed by atoms with van der Waals surface area (Å²) in [6.07, 6.45) is 5.57. The summed E-state index contributed by atoms with van der Waals surface area (Å²) in [5, 5.41) is 12.7. The molecule has 0 spiro atoms. The first-order valence-electron chi connectivity index (χ1n) is 7.94. The largest absolute Gasteiger partial charge is 0.624 e. The molecule has 0 saturated carbocycles. The van der Waals surface area contributed by atoms with E-state index in [1.54, 1.807) is 20.3 Å². The van der Waals surface area contributed by atoms with Crippen molar-refractivity contribution in [2.24, 2.45) is 0 Å². The molecule has 0 heterocycles. The highest BCUT2D eigenvalue weighted by molar-refractivity contribution is 5.69. The molecule has 0 amide bonds. The first kappa shape index (κ1) is 16.3. The summed E-state index contributed by atoms with van der Waals surface area (Å²) >= 11 is 0. The van der Waals surface area contributed by atoms with Crippen LogP contribution in [0, 0.1) is 5.21 Å². The summed E-state index contributed by atoms with van der Waals surface area (Å²) < 4.78 is 10.4. The van der Waals surface area contributed by atoms with E-state index in [2.05, 4.69) is 0 Å². The molecule has 1 atom stereocenters. The van der Waals surface area contributed by atoms with Gasteiger partial charge in [0.2, 0.25) is 0 Å². The first-order valence-corrected chi connectivity index (χ1v) is 7.94. The Bertz CT molecular complexity index is 763. The molecule has 0 aliphatic heterocycles. The molecule has 2 aromatic rings. The van der Waals surface area contributed by atoms with E-state index in [-0.39, 0.29) is 5.06 Å². The third-order valence-electron chi connectivity index (χ3n) is 4.23. The monoisotopic (exact) mass is 323 g/mol. The molecule has 124 valence electrons. The van der Waals surface area contributed by atoms with E-state index >= 15 is 0 Å². The first-order chi connectivity index (χ1) is 11.7. The van der Waals surface area contributed by atoms with Gasteiger partial charge in [0.15, 0.2) is 0 Å². The lowest BCUT2D eigenvalue weighted by atomic mass is 9.95. The van der Waals surface area contributed by atoms with Gasteiger partial charge >= 0.3 is 0 Å². The fraction of sp³-hybridized carbons (Fsp3) is 0.200. The van der Waals surface area contributed by atoms with Gasteiger partial charge < -0.3 is 19.7 Å². The number of nitrogens with one attached hydrogen (secondary N) is 1. The van der Waals surface area contributed by atoms with Gasteiger partial charge in [-0.25, -0.2) is 0 Å². The second-order valence-corrected chi connectivity index (χ2v) is 5.67. The maximum Gasteiger partial charge on any atom is 0.139 e. The molecule has 4 nitrogen and oxygen atoms in total. The van der Waals surface area contributed by atoms with Gasteiger partial charge in [-0.2, -0.15) is 0 Å². The maximum atomic E-state index is 12.6. The predicted molar refractivity (Wildman–Crippen MR) is 95.3 cm³/mol. The van der Waals surface area contributed by atoms with Crippen molar-refractivity contribution < 1.29 is 14.5 Å². The summed E-state index contributed by atoms with van der Waals surface area (Å²) in [6, 6.07) is 15.3. The fourth-order valence-electron chi connectivity index (χ4n) is 2.82. The summed E-state index contributed by atoms with van der Waals surface area (Å²) in [5.74, 6) is 1.55. The lowest BCUT2D eigenvalue weighted by Gasteiger charge is -2.26.